The molecule has 1 aromatic carbocycles. The summed E-state index contributed by atoms with van der Waals surface area (Å²) in [6.45, 7) is -0.156. The van der Waals surface area contributed by atoms with Crippen molar-refractivity contribution in [2.75, 3.05) is 30.9 Å². The van der Waals surface area contributed by atoms with Gasteiger partial charge in [0, 0.05) is 20.3 Å². The monoisotopic (exact) mass is 496 g/mol. The van der Waals surface area contributed by atoms with Gasteiger partial charge in [-0.3, -0.25) is 19.1 Å². The summed E-state index contributed by atoms with van der Waals surface area (Å²) < 4.78 is 17.3. The van der Waals surface area contributed by atoms with Crippen LogP contribution in [0.5, 0.6) is 0 Å². The first-order chi connectivity index (χ1) is 17.4. The summed E-state index contributed by atoms with van der Waals surface area (Å²) in [6.07, 6.45) is 1.74. The number of furan rings is 1. The molecule has 3 N–H and O–H groups in total. The number of H-pyrrole nitrogens is 1. The van der Waals surface area contributed by atoms with Gasteiger partial charge in [0.15, 0.2) is 11.4 Å². The summed E-state index contributed by atoms with van der Waals surface area (Å²) in [5.74, 6) is -1.64. The molecule has 0 spiro atoms. The molecule has 0 aliphatic heterocycles. The molecule has 1 amide bonds. The minimum Gasteiger partial charge on any atom is -0.459 e. The molecule has 188 valence electrons. The van der Waals surface area contributed by atoms with Crippen LogP contribution in [-0.4, -0.2) is 45.5 Å². The molecule has 0 saturated heterocycles. The van der Waals surface area contributed by atoms with Crippen LogP contribution in [-0.2, 0) is 22.6 Å². The molecule has 3 heterocycles. The molecule has 13 nitrogen and oxygen atoms in total. The zero-order valence-corrected chi connectivity index (χ0v) is 19.4. The minimum atomic E-state index is -0.887. The largest absolute Gasteiger partial charge is 0.459 e. The van der Waals surface area contributed by atoms with E-state index in [0.29, 0.717) is 6.42 Å². The quantitative estimate of drug-likeness (QED) is 0.299. The first-order valence-corrected chi connectivity index (χ1v) is 11.0. The van der Waals surface area contributed by atoms with Crippen LogP contribution in [0.25, 0.3) is 11.7 Å². The zero-order valence-electron chi connectivity index (χ0n) is 19.4. The van der Waals surface area contributed by atoms with Gasteiger partial charge >= 0.3 is 11.4 Å². The van der Waals surface area contributed by atoms with Gasteiger partial charge in [-0.1, -0.05) is 30.3 Å². The van der Waals surface area contributed by atoms with Crippen molar-refractivity contribution in [2.24, 2.45) is 0 Å². The average molecular weight is 496 g/mol. The Labute approximate surface area is 203 Å². The number of methoxy groups -OCH3 is 1. The van der Waals surface area contributed by atoms with Gasteiger partial charge < -0.3 is 24.2 Å². The number of aromatic nitrogens is 4. The Morgan fingerprint density at radius 3 is 2.64 bits per heavy atom. The van der Waals surface area contributed by atoms with Crippen molar-refractivity contribution in [1.29, 1.82) is 0 Å². The predicted octanol–water partition coefficient (Wildman–Crippen LogP) is 0.647. The smallest absolute Gasteiger partial charge is 0.437 e. The third kappa shape index (κ3) is 5.20. The van der Waals surface area contributed by atoms with Crippen LogP contribution in [0.3, 0.4) is 0 Å². The van der Waals surface area contributed by atoms with Gasteiger partial charge in [0.05, 0.1) is 12.8 Å². The lowest BCUT2D eigenvalue weighted by Crippen LogP contribution is -2.43. The van der Waals surface area contributed by atoms with E-state index in [1.807, 2.05) is 6.07 Å². The summed E-state index contributed by atoms with van der Waals surface area (Å²) in [5, 5.41) is 4.00. The molecule has 0 fully saturated rings. The van der Waals surface area contributed by atoms with Crippen molar-refractivity contribution in [3.63, 3.8) is 0 Å². The molecule has 3 aromatic heterocycles. The molecule has 0 radical (unpaired) electrons. The SMILES string of the molecule is COCCCN(C(=O)Cn1nc(-c2ccco2)oc1=O)c1c(N)n(Cc2ccccc2)c(=O)[nH]c1=O. The van der Waals surface area contributed by atoms with E-state index in [4.69, 9.17) is 19.3 Å². The predicted molar refractivity (Wildman–Crippen MR) is 129 cm³/mol. The van der Waals surface area contributed by atoms with Crippen molar-refractivity contribution < 1.29 is 18.4 Å². The van der Waals surface area contributed by atoms with E-state index in [1.165, 1.54) is 17.9 Å². The molecule has 0 unspecified atom stereocenters. The van der Waals surface area contributed by atoms with Gasteiger partial charge in [-0.15, -0.1) is 5.10 Å². The number of nitrogens with one attached hydrogen (secondary N) is 1. The molecule has 0 bridgehead atoms. The highest BCUT2D eigenvalue weighted by atomic mass is 16.5. The van der Waals surface area contributed by atoms with Crippen LogP contribution in [0.1, 0.15) is 12.0 Å². The minimum absolute atomic E-state index is 0.0289. The number of ether oxygens (including phenoxy) is 1. The van der Waals surface area contributed by atoms with E-state index in [-0.39, 0.29) is 42.9 Å². The number of amides is 1. The molecular formula is C23H24N6O7. The maximum Gasteiger partial charge on any atom is 0.437 e. The fraction of sp³-hybridized carbons (Fsp3) is 0.261. The number of nitrogens with two attached hydrogens (primary N) is 1. The molecule has 4 aromatic rings. The molecule has 0 atom stereocenters. The van der Waals surface area contributed by atoms with Crippen molar-refractivity contribution in [1.82, 2.24) is 19.3 Å². The summed E-state index contributed by atoms with van der Waals surface area (Å²) >= 11 is 0. The van der Waals surface area contributed by atoms with Crippen LogP contribution < -0.4 is 27.6 Å². The lowest BCUT2D eigenvalue weighted by Gasteiger charge is -2.24. The van der Waals surface area contributed by atoms with Gasteiger partial charge in [-0.2, -0.15) is 4.68 Å². The molecular weight excluding hydrogens is 472 g/mol. The number of rotatable bonds is 10. The average Bonchev–Trinajstić information content (AvgIpc) is 3.52. The van der Waals surface area contributed by atoms with Crippen molar-refractivity contribution >= 4 is 17.4 Å². The van der Waals surface area contributed by atoms with Crippen LogP contribution >= 0.6 is 0 Å². The number of benzene rings is 1. The number of anilines is 2. The maximum absolute atomic E-state index is 13.3. The Morgan fingerprint density at radius 1 is 1.17 bits per heavy atom. The van der Waals surface area contributed by atoms with E-state index in [0.717, 1.165) is 15.1 Å². The van der Waals surface area contributed by atoms with E-state index >= 15 is 0 Å². The third-order valence-corrected chi connectivity index (χ3v) is 5.32. The second-order valence-corrected chi connectivity index (χ2v) is 7.76. The number of carbonyl (C=O) groups excluding carboxylic acids is 1. The zero-order chi connectivity index (χ0) is 25.7. The number of nitrogens with zero attached hydrogens (tertiary/aromatic N) is 4. The third-order valence-electron chi connectivity index (χ3n) is 5.32. The summed E-state index contributed by atoms with van der Waals surface area (Å²) in [6, 6.07) is 12.2. The summed E-state index contributed by atoms with van der Waals surface area (Å²) in [5.41, 5.74) is 5.27. The molecule has 13 heteroatoms. The highest BCUT2D eigenvalue weighted by Gasteiger charge is 2.26. The molecule has 0 aliphatic carbocycles. The normalized spacial score (nSPS) is 11.0. The molecule has 36 heavy (non-hydrogen) atoms. The maximum atomic E-state index is 13.3. The second kappa shape index (κ2) is 10.7. The lowest BCUT2D eigenvalue weighted by molar-refractivity contribution is -0.119. The topological polar surface area (TPSA) is 172 Å². The van der Waals surface area contributed by atoms with E-state index in [2.05, 4.69) is 10.1 Å². The lowest BCUT2D eigenvalue weighted by atomic mass is 10.2. The van der Waals surface area contributed by atoms with Crippen LogP contribution in [0.4, 0.5) is 11.5 Å². The Bertz CT molecular complexity index is 1500. The molecule has 0 saturated carbocycles. The fourth-order valence-electron chi connectivity index (χ4n) is 3.61. The Hall–Kier alpha value is -4.65. The fourth-order valence-corrected chi connectivity index (χ4v) is 3.61. The van der Waals surface area contributed by atoms with Crippen LogP contribution in [0, 0.1) is 0 Å². The van der Waals surface area contributed by atoms with E-state index in [9.17, 15) is 19.2 Å². The Kier molecular flexibility index (Phi) is 7.30. The number of nitrogen functional groups attached to an aromatic ring is 1. The first-order valence-electron chi connectivity index (χ1n) is 11.0. The van der Waals surface area contributed by atoms with Gasteiger partial charge in [0.2, 0.25) is 5.91 Å². The Balaban J connectivity index is 1.70. The van der Waals surface area contributed by atoms with Crippen molar-refractivity contribution in [2.45, 2.75) is 19.5 Å². The number of hydrogen-bond acceptors (Lipinski definition) is 9. The highest BCUT2D eigenvalue weighted by molar-refractivity contribution is 5.95. The van der Waals surface area contributed by atoms with Gasteiger partial charge in [-0.25, -0.2) is 9.59 Å². The van der Waals surface area contributed by atoms with Gasteiger partial charge in [0.25, 0.3) is 11.4 Å². The number of hydrogen-bond donors (Lipinski definition) is 2. The number of carbonyl (C=O) groups is 1. The molecule has 4 rings (SSSR count). The van der Waals surface area contributed by atoms with Crippen LogP contribution in [0.15, 0.2) is 71.9 Å². The van der Waals surface area contributed by atoms with Crippen molar-refractivity contribution in [3.8, 4) is 11.7 Å². The Morgan fingerprint density at radius 2 is 1.94 bits per heavy atom. The molecule has 0 aliphatic rings. The number of aromatic amines is 1. The standard InChI is InChI=1S/C23H24N6O7/c1-34-11-6-10-27(17(30)14-29-23(33)36-21(26-29)16-9-5-12-35-16)18-19(24)28(22(32)25-20(18)31)13-15-7-3-2-4-8-15/h2-5,7-9,12H,6,10-11,13-14,24H2,1H3,(H,25,31,32). The first kappa shape index (κ1) is 24.5. The van der Waals surface area contributed by atoms with E-state index in [1.54, 1.807) is 36.4 Å². The van der Waals surface area contributed by atoms with E-state index < -0.39 is 29.5 Å². The van der Waals surface area contributed by atoms with Crippen LogP contribution in [0.2, 0.25) is 0 Å². The van der Waals surface area contributed by atoms with Gasteiger partial charge in [0.1, 0.15) is 12.4 Å². The summed E-state index contributed by atoms with van der Waals surface area (Å²) in [7, 11) is 1.50. The van der Waals surface area contributed by atoms with Gasteiger partial charge in [-0.05, 0) is 24.1 Å². The summed E-state index contributed by atoms with van der Waals surface area (Å²) in [4.78, 5) is 54.3. The highest BCUT2D eigenvalue weighted by Crippen LogP contribution is 2.19. The van der Waals surface area contributed by atoms with Crippen molar-refractivity contribution in [3.05, 3.63) is 85.7 Å². The second-order valence-electron chi connectivity index (χ2n) is 7.76.